The highest BCUT2D eigenvalue weighted by molar-refractivity contribution is 5.95. The maximum atomic E-state index is 12.3. The number of hydrogen-bond donors (Lipinski definition) is 3. The van der Waals surface area contributed by atoms with Crippen LogP contribution >= 0.6 is 0 Å². The third kappa shape index (κ3) is 5.74. The summed E-state index contributed by atoms with van der Waals surface area (Å²) < 4.78 is 5.14. The summed E-state index contributed by atoms with van der Waals surface area (Å²) in [4.78, 5) is 24.3. The van der Waals surface area contributed by atoms with E-state index < -0.39 is 0 Å². The number of benzene rings is 2. The van der Waals surface area contributed by atoms with Gasteiger partial charge in [-0.1, -0.05) is 12.1 Å². The van der Waals surface area contributed by atoms with E-state index in [0.717, 1.165) is 36.3 Å². The third-order valence-electron chi connectivity index (χ3n) is 4.71. The van der Waals surface area contributed by atoms with Crippen LogP contribution in [0, 0.1) is 0 Å². The van der Waals surface area contributed by atoms with Crippen molar-refractivity contribution in [2.75, 3.05) is 19.0 Å². The van der Waals surface area contributed by atoms with Gasteiger partial charge in [-0.3, -0.25) is 9.59 Å². The molecule has 2 amide bonds. The van der Waals surface area contributed by atoms with Crippen molar-refractivity contribution >= 4 is 17.5 Å². The van der Waals surface area contributed by atoms with Gasteiger partial charge in [-0.05, 0) is 68.1 Å². The molecule has 0 aliphatic heterocycles. The molecule has 0 aromatic heterocycles. The van der Waals surface area contributed by atoms with Gasteiger partial charge in [0.25, 0.3) is 5.91 Å². The molecule has 28 heavy (non-hydrogen) atoms. The molecular weight excluding hydrogens is 354 g/mol. The van der Waals surface area contributed by atoms with E-state index in [1.807, 2.05) is 43.3 Å². The van der Waals surface area contributed by atoms with Crippen molar-refractivity contribution in [1.29, 1.82) is 0 Å². The Bertz CT molecular complexity index is 799. The van der Waals surface area contributed by atoms with E-state index >= 15 is 0 Å². The third-order valence-corrected chi connectivity index (χ3v) is 4.71. The van der Waals surface area contributed by atoms with Crippen molar-refractivity contribution in [1.82, 2.24) is 10.6 Å². The number of anilines is 1. The Morgan fingerprint density at radius 1 is 1.07 bits per heavy atom. The van der Waals surface area contributed by atoms with Gasteiger partial charge >= 0.3 is 0 Å². The molecule has 1 atom stereocenters. The monoisotopic (exact) mass is 381 g/mol. The SMILES string of the molecule is COc1ccc(CCNC(=O)C(C)Nc2ccc(C(=O)NC3CC3)cc2)cc1. The lowest BCUT2D eigenvalue weighted by Gasteiger charge is -2.15. The number of amides is 2. The molecule has 2 aromatic carbocycles. The molecule has 3 N–H and O–H groups in total. The smallest absolute Gasteiger partial charge is 0.251 e. The fourth-order valence-corrected chi connectivity index (χ4v) is 2.81. The van der Waals surface area contributed by atoms with E-state index in [9.17, 15) is 9.59 Å². The number of hydrogen-bond acceptors (Lipinski definition) is 4. The molecule has 0 saturated heterocycles. The highest BCUT2D eigenvalue weighted by atomic mass is 16.5. The van der Waals surface area contributed by atoms with E-state index in [1.165, 1.54) is 0 Å². The molecule has 1 unspecified atom stereocenters. The predicted octanol–water partition coefficient (Wildman–Crippen LogP) is 2.75. The van der Waals surface area contributed by atoms with E-state index in [1.54, 1.807) is 19.2 Å². The van der Waals surface area contributed by atoms with Crippen LogP contribution in [-0.4, -0.2) is 37.6 Å². The first-order valence-corrected chi connectivity index (χ1v) is 9.63. The quantitative estimate of drug-likeness (QED) is 0.624. The highest BCUT2D eigenvalue weighted by Gasteiger charge is 2.23. The zero-order valence-corrected chi connectivity index (χ0v) is 16.3. The number of carbonyl (C=O) groups is 2. The minimum atomic E-state index is -0.373. The Hall–Kier alpha value is -3.02. The van der Waals surface area contributed by atoms with Gasteiger partial charge in [0.15, 0.2) is 0 Å². The second-order valence-corrected chi connectivity index (χ2v) is 7.08. The highest BCUT2D eigenvalue weighted by Crippen LogP contribution is 2.20. The first-order chi connectivity index (χ1) is 13.5. The number of carbonyl (C=O) groups excluding carboxylic acids is 2. The Morgan fingerprint density at radius 3 is 2.36 bits per heavy atom. The maximum Gasteiger partial charge on any atom is 0.251 e. The standard InChI is InChI=1S/C22H27N3O3/c1-15(21(26)23-14-13-16-3-11-20(28-2)12-4-16)24-18-7-5-17(6-8-18)22(27)25-19-9-10-19/h3-8,11-12,15,19,24H,9-10,13-14H2,1-2H3,(H,23,26)(H,25,27). The zero-order chi connectivity index (χ0) is 19.9. The average molecular weight is 381 g/mol. The maximum absolute atomic E-state index is 12.3. The van der Waals surface area contributed by atoms with Gasteiger partial charge < -0.3 is 20.7 Å². The molecule has 1 aliphatic rings. The molecule has 1 fully saturated rings. The molecule has 2 aromatic rings. The topological polar surface area (TPSA) is 79.5 Å². The number of rotatable bonds is 9. The lowest BCUT2D eigenvalue weighted by molar-refractivity contribution is -0.121. The molecule has 148 valence electrons. The summed E-state index contributed by atoms with van der Waals surface area (Å²) >= 11 is 0. The van der Waals surface area contributed by atoms with Crippen LogP contribution in [0.2, 0.25) is 0 Å². The molecule has 1 aliphatic carbocycles. The van der Waals surface area contributed by atoms with Crippen molar-refractivity contribution in [2.45, 2.75) is 38.3 Å². The van der Waals surface area contributed by atoms with E-state index in [4.69, 9.17) is 4.74 Å². The summed E-state index contributed by atoms with van der Waals surface area (Å²) in [5.74, 6) is 0.712. The van der Waals surface area contributed by atoms with Crippen molar-refractivity contribution in [3.05, 3.63) is 59.7 Å². The number of ether oxygens (including phenoxy) is 1. The van der Waals surface area contributed by atoms with Crippen LogP contribution < -0.4 is 20.7 Å². The predicted molar refractivity (Wildman–Crippen MR) is 110 cm³/mol. The fourth-order valence-electron chi connectivity index (χ4n) is 2.81. The Balaban J connectivity index is 1.42. The van der Waals surface area contributed by atoms with Crippen LogP contribution in [0.1, 0.15) is 35.7 Å². The molecule has 3 rings (SSSR count). The Kier molecular flexibility index (Phi) is 6.53. The summed E-state index contributed by atoms with van der Waals surface area (Å²) in [5.41, 5.74) is 2.58. The largest absolute Gasteiger partial charge is 0.497 e. The molecule has 0 heterocycles. The van der Waals surface area contributed by atoms with Crippen molar-refractivity contribution in [2.24, 2.45) is 0 Å². The minimum Gasteiger partial charge on any atom is -0.497 e. The molecular formula is C22H27N3O3. The lowest BCUT2D eigenvalue weighted by atomic mass is 10.1. The minimum absolute atomic E-state index is 0.0432. The van der Waals surface area contributed by atoms with E-state index in [0.29, 0.717) is 18.2 Å². The summed E-state index contributed by atoms with van der Waals surface area (Å²) in [6.07, 6.45) is 2.89. The van der Waals surface area contributed by atoms with Gasteiger partial charge in [0.2, 0.25) is 5.91 Å². The van der Waals surface area contributed by atoms with Gasteiger partial charge in [0.1, 0.15) is 11.8 Å². The van der Waals surface area contributed by atoms with Crippen molar-refractivity contribution in [3.8, 4) is 5.75 Å². The van der Waals surface area contributed by atoms with Gasteiger partial charge in [0, 0.05) is 23.8 Å². The van der Waals surface area contributed by atoms with Gasteiger partial charge in [0.05, 0.1) is 7.11 Å². The van der Waals surface area contributed by atoms with Crippen LogP contribution in [0.5, 0.6) is 5.75 Å². The molecule has 0 radical (unpaired) electrons. The molecule has 0 spiro atoms. The van der Waals surface area contributed by atoms with Crippen molar-refractivity contribution in [3.63, 3.8) is 0 Å². The first-order valence-electron chi connectivity index (χ1n) is 9.63. The Labute approximate surface area is 165 Å². The van der Waals surface area contributed by atoms with Gasteiger partial charge in [-0.2, -0.15) is 0 Å². The number of methoxy groups -OCH3 is 1. The normalized spacial score (nSPS) is 14.1. The Morgan fingerprint density at radius 2 is 1.75 bits per heavy atom. The van der Waals surface area contributed by atoms with Gasteiger partial charge in [-0.25, -0.2) is 0 Å². The molecule has 1 saturated carbocycles. The first kappa shape index (κ1) is 19.7. The van der Waals surface area contributed by atoms with Crippen molar-refractivity contribution < 1.29 is 14.3 Å². The molecule has 6 nitrogen and oxygen atoms in total. The summed E-state index contributed by atoms with van der Waals surface area (Å²) in [6.45, 7) is 2.38. The lowest BCUT2D eigenvalue weighted by Crippen LogP contribution is -2.38. The summed E-state index contributed by atoms with van der Waals surface area (Å²) in [5, 5.41) is 9.07. The number of nitrogens with one attached hydrogen (secondary N) is 3. The van der Waals surface area contributed by atoms with E-state index in [-0.39, 0.29) is 17.9 Å². The van der Waals surface area contributed by atoms with Crippen LogP contribution in [-0.2, 0) is 11.2 Å². The summed E-state index contributed by atoms with van der Waals surface area (Å²) in [6, 6.07) is 15.0. The second kappa shape index (κ2) is 9.26. The van der Waals surface area contributed by atoms with Crippen LogP contribution in [0.25, 0.3) is 0 Å². The van der Waals surface area contributed by atoms with E-state index in [2.05, 4.69) is 16.0 Å². The molecule has 0 bridgehead atoms. The average Bonchev–Trinajstić information content (AvgIpc) is 3.53. The molecule has 6 heteroatoms. The van der Waals surface area contributed by atoms with Crippen LogP contribution in [0.15, 0.2) is 48.5 Å². The summed E-state index contributed by atoms with van der Waals surface area (Å²) in [7, 11) is 1.64. The van der Waals surface area contributed by atoms with Gasteiger partial charge in [-0.15, -0.1) is 0 Å². The fraction of sp³-hybridized carbons (Fsp3) is 0.364. The van der Waals surface area contributed by atoms with Crippen LogP contribution in [0.4, 0.5) is 5.69 Å². The van der Waals surface area contributed by atoms with Crippen LogP contribution in [0.3, 0.4) is 0 Å². The second-order valence-electron chi connectivity index (χ2n) is 7.08. The zero-order valence-electron chi connectivity index (χ0n) is 16.3.